The smallest absolute Gasteiger partial charge is 0.333 e. The van der Waals surface area contributed by atoms with Crippen LogP contribution in [0.15, 0.2) is 73.9 Å². The predicted molar refractivity (Wildman–Crippen MR) is 133 cm³/mol. The number of hydrogen-bond acceptors (Lipinski definition) is 6. The van der Waals surface area contributed by atoms with E-state index in [9.17, 15) is 14.4 Å². The maximum atomic E-state index is 11.1. The maximum Gasteiger partial charge on any atom is 0.333 e. The Bertz CT molecular complexity index is 764. The Morgan fingerprint density at radius 2 is 1.52 bits per heavy atom. The Balaban J connectivity index is 0. The van der Waals surface area contributed by atoms with Crippen LogP contribution in [0.25, 0.3) is 6.08 Å². The summed E-state index contributed by atoms with van der Waals surface area (Å²) in [6, 6.07) is 10.0. The van der Waals surface area contributed by atoms with E-state index >= 15 is 0 Å². The summed E-state index contributed by atoms with van der Waals surface area (Å²) in [7, 11) is 0. The lowest BCUT2D eigenvalue weighted by molar-refractivity contribution is -0.145. The third kappa shape index (κ3) is 20.3. The topological polar surface area (TPSA) is 78.9 Å². The summed E-state index contributed by atoms with van der Waals surface area (Å²) in [4.78, 5) is 32.5. The first-order chi connectivity index (χ1) is 15.6. The fourth-order valence-electron chi connectivity index (χ4n) is 1.75. The summed E-state index contributed by atoms with van der Waals surface area (Å²) < 4.78 is 14.5. The Morgan fingerprint density at radius 3 is 1.94 bits per heavy atom. The molecule has 33 heavy (non-hydrogen) atoms. The molecule has 0 aromatic heterocycles. The van der Waals surface area contributed by atoms with Crippen LogP contribution in [0.1, 0.15) is 52.5 Å². The predicted octanol–water partition coefficient (Wildman–Crippen LogP) is 5.85. The number of benzene rings is 1. The highest BCUT2D eigenvalue weighted by atomic mass is 16.6. The molecule has 1 rings (SSSR count). The van der Waals surface area contributed by atoms with Crippen molar-refractivity contribution in [1.29, 1.82) is 0 Å². The lowest BCUT2D eigenvalue weighted by Gasteiger charge is -2.13. The first kappa shape index (κ1) is 31.8. The van der Waals surface area contributed by atoms with E-state index < -0.39 is 11.9 Å². The molecule has 0 fully saturated rings. The average Bonchev–Trinajstić information content (AvgIpc) is 2.80. The van der Waals surface area contributed by atoms with Gasteiger partial charge in [0.25, 0.3) is 0 Å². The summed E-state index contributed by atoms with van der Waals surface area (Å²) in [5.41, 5.74) is 1.88. The Morgan fingerprint density at radius 1 is 0.939 bits per heavy atom. The third-order valence-corrected chi connectivity index (χ3v) is 3.71. The van der Waals surface area contributed by atoms with Gasteiger partial charge in [-0.1, -0.05) is 76.1 Å². The molecule has 0 aliphatic rings. The van der Waals surface area contributed by atoms with E-state index in [0.29, 0.717) is 24.2 Å². The molecule has 1 aromatic carbocycles. The molecular weight excluding hydrogens is 420 g/mol. The molecular formula is C27H38O6. The van der Waals surface area contributed by atoms with E-state index in [-0.39, 0.29) is 18.7 Å². The van der Waals surface area contributed by atoms with E-state index in [1.807, 2.05) is 43.3 Å². The van der Waals surface area contributed by atoms with Crippen LogP contribution < -0.4 is 0 Å². The fourth-order valence-corrected chi connectivity index (χ4v) is 1.75. The molecule has 0 aliphatic heterocycles. The Kier molecular flexibility index (Phi) is 19.7. The zero-order valence-corrected chi connectivity index (χ0v) is 20.4. The molecule has 6 nitrogen and oxygen atoms in total. The standard InChI is InChI=1S/C12H18O4.C8H8.C7H12O2/c1-8(2)11(13)15-7-6-10(5)16-12(14)9(3)4;1-2-8-6-4-3-5-7-8;1-3-5-6-9-7(8)4-2/h10H,1,3,6-7H2,2,4-5H3;2-7H,1H2;4H,2-3,5-6H2,1H3. The van der Waals surface area contributed by atoms with Gasteiger partial charge in [0.05, 0.1) is 13.2 Å². The monoisotopic (exact) mass is 458 g/mol. The average molecular weight is 459 g/mol. The molecule has 0 aliphatic carbocycles. The largest absolute Gasteiger partial charge is 0.463 e. The van der Waals surface area contributed by atoms with Gasteiger partial charge in [-0.25, -0.2) is 14.4 Å². The third-order valence-electron chi connectivity index (χ3n) is 3.71. The SMILES string of the molecule is C=C(C)C(=O)OCCC(C)OC(=O)C(=C)C.C=CC(=O)OCCCC.C=Cc1ccccc1. The van der Waals surface area contributed by atoms with Crippen LogP contribution in [0.5, 0.6) is 0 Å². The van der Waals surface area contributed by atoms with Crippen LogP contribution in [0, 0.1) is 0 Å². The van der Waals surface area contributed by atoms with E-state index in [2.05, 4.69) is 31.1 Å². The van der Waals surface area contributed by atoms with Crippen LogP contribution in [-0.4, -0.2) is 37.2 Å². The molecule has 1 aromatic rings. The van der Waals surface area contributed by atoms with Gasteiger partial charge in [-0.05, 0) is 32.8 Å². The normalized spacial score (nSPS) is 9.94. The second kappa shape index (κ2) is 20.5. The Hall–Kier alpha value is -3.41. The van der Waals surface area contributed by atoms with Crippen molar-refractivity contribution in [3.05, 3.63) is 79.4 Å². The van der Waals surface area contributed by atoms with Crippen molar-refractivity contribution in [2.24, 2.45) is 0 Å². The van der Waals surface area contributed by atoms with Gasteiger partial charge < -0.3 is 14.2 Å². The van der Waals surface area contributed by atoms with Gasteiger partial charge in [0.2, 0.25) is 0 Å². The number of ether oxygens (including phenoxy) is 3. The zero-order valence-electron chi connectivity index (χ0n) is 20.4. The minimum atomic E-state index is -0.432. The minimum Gasteiger partial charge on any atom is -0.463 e. The highest BCUT2D eigenvalue weighted by Crippen LogP contribution is 2.03. The van der Waals surface area contributed by atoms with Gasteiger partial charge in [0, 0.05) is 23.6 Å². The van der Waals surface area contributed by atoms with E-state index in [1.54, 1.807) is 20.8 Å². The molecule has 0 heterocycles. The van der Waals surface area contributed by atoms with Gasteiger partial charge in [0.15, 0.2) is 0 Å². The molecule has 0 N–H and O–H groups in total. The number of hydrogen-bond donors (Lipinski definition) is 0. The Labute approximate surface area is 198 Å². The molecule has 0 radical (unpaired) electrons. The van der Waals surface area contributed by atoms with Crippen LogP contribution >= 0.6 is 0 Å². The highest BCUT2D eigenvalue weighted by Gasteiger charge is 2.11. The molecule has 0 amide bonds. The first-order valence-corrected chi connectivity index (χ1v) is 10.7. The van der Waals surface area contributed by atoms with Crippen molar-refractivity contribution < 1.29 is 28.6 Å². The highest BCUT2D eigenvalue weighted by molar-refractivity contribution is 5.87. The number of carbonyl (C=O) groups excluding carboxylic acids is 3. The zero-order chi connectivity index (χ0) is 25.6. The van der Waals surface area contributed by atoms with Crippen LogP contribution in [0.4, 0.5) is 0 Å². The van der Waals surface area contributed by atoms with E-state index in [1.165, 1.54) is 11.6 Å². The van der Waals surface area contributed by atoms with Gasteiger partial charge >= 0.3 is 17.9 Å². The van der Waals surface area contributed by atoms with Gasteiger partial charge in [-0.2, -0.15) is 0 Å². The minimum absolute atomic E-state index is 0.205. The molecule has 0 spiro atoms. The summed E-state index contributed by atoms with van der Waals surface area (Å²) >= 11 is 0. The summed E-state index contributed by atoms with van der Waals surface area (Å²) in [5, 5.41) is 0. The molecule has 182 valence electrons. The van der Waals surface area contributed by atoms with Gasteiger partial charge in [-0.3, -0.25) is 0 Å². The van der Waals surface area contributed by atoms with Crippen LogP contribution in [-0.2, 0) is 28.6 Å². The number of unbranched alkanes of at least 4 members (excludes halogenated alkanes) is 1. The van der Waals surface area contributed by atoms with Crippen molar-refractivity contribution in [2.45, 2.75) is 53.1 Å². The lowest BCUT2D eigenvalue weighted by Crippen LogP contribution is -2.18. The number of rotatable bonds is 11. The van der Waals surface area contributed by atoms with Crippen molar-refractivity contribution in [1.82, 2.24) is 0 Å². The lowest BCUT2D eigenvalue weighted by atomic mass is 10.2. The van der Waals surface area contributed by atoms with Crippen molar-refractivity contribution in [3.63, 3.8) is 0 Å². The van der Waals surface area contributed by atoms with Crippen LogP contribution in [0.2, 0.25) is 0 Å². The fraction of sp³-hybridized carbons (Fsp3) is 0.370. The first-order valence-electron chi connectivity index (χ1n) is 10.7. The molecule has 0 saturated carbocycles. The maximum absolute atomic E-state index is 11.1. The van der Waals surface area contributed by atoms with Gasteiger partial charge in [-0.15, -0.1) is 0 Å². The van der Waals surface area contributed by atoms with Gasteiger partial charge in [0.1, 0.15) is 6.10 Å². The van der Waals surface area contributed by atoms with E-state index in [4.69, 9.17) is 9.47 Å². The van der Waals surface area contributed by atoms with Crippen molar-refractivity contribution in [3.8, 4) is 0 Å². The van der Waals surface area contributed by atoms with E-state index in [0.717, 1.165) is 12.8 Å². The van der Waals surface area contributed by atoms with Crippen molar-refractivity contribution in [2.75, 3.05) is 13.2 Å². The number of carbonyl (C=O) groups is 3. The molecule has 1 atom stereocenters. The second-order valence-corrected chi connectivity index (χ2v) is 7.04. The molecule has 0 saturated heterocycles. The molecule has 0 bridgehead atoms. The second-order valence-electron chi connectivity index (χ2n) is 7.04. The molecule has 6 heteroatoms. The quantitative estimate of drug-likeness (QED) is 0.179. The molecule has 1 unspecified atom stereocenters. The van der Waals surface area contributed by atoms with Crippen LogP contribution in [0.3, 0.4) is 0 Å². The summed E-state index contributed by atoms with van der Waals surface area (Å²) in [5.74, 6) is -1.19. The number of esters is 3. The van der Waals surface area contributed by atoms with Crippen molar-refractivity contribution >= 4 is 24.0 Å². The summed E-state index contributed by atoms with van der Waals surface area (Å²) in [6.45, 7) is 21.5. The summed E-state index contributed by atoms with van der Waals surface area (Å²) in [6.07, 6.45) is 5.14.